The Kier molecular flexibility index (Phi) is 2.38. The van der Waals surface area contributed by atoms with Crippen molar-refractivity contribution in [3.63, 3.8) is 0 Å². The maximum absolute atomic E-state index is 13.4. The third-order valence-corrected chi connectivity index (χ3v) is 2.57. The summed E-state index contributed by atoms with van der Waals surface area (Å²) >= 11 is 0. The van der Waals surface area contributed by atoms with Gasteiger partial charge in [0.1, 0.15) is 11.4 Å². The lowest BCUT2D eigenvalue weighted by Crippen LogP contribution is -2.61. The second-order valence-electron chi connectivity index (χ2n) is 4.19. The van der Waals surface area contributed by atoms with Crippen LogP contribution in [0.1, 0.15) is 12.5 Å². The van der Waals surface area contributed by atoms with Crippen molar-refractivity contribution in [3.05, 3.63) is 29.3 Å². The molecule has 1 N–H and O–H groups in total. The lowest BCUT2D eigenvalue weighted by molar-refractivity contribution is 0.0308. The second-order valence-corrected chi connectivity index (χ2v) is 4.19. The highest BCUT2D eigenvalue weighted by atomic mass is 19.1. The topological polar surface area (TPSA) is 21.3 Å². The Balaban J connectivity index is 2.24. The third kappa shape index (κ3) is 1.95. The van der Waals surface area contributed by atoms with E-state index in [1.165, 1.54) is 6.92 Å². The molecule has 0 atom stereocenters. The first-order chi connectivity index (χ1) is 7.00. The number of nitrogens with one attached hydrogen (secondary N) is 1. The van der Waals surface area contributed by atoms with E-state index in [9.17, 15) is 8.78 Å². The van der Waals surface area contributed by atoms with Crippen molar-refractivity contribution in [3.8, 4) is 5.75 Å². The Hall–Kier alpha value is -1.16. The van der Waals surface area contributed by atoms with Gasteiger partial charge in [0.25, 0.3) is 0 Å². The molecule has 0 unspecified atom stereocenters. The van der Waals surface area contributed by atoms with E-state index in [-0.39, 0.29) is 11.3 Å². The zero-order valence-electron chi connectivity index (χ0n) is 8.73. The van der Waals surface area contributed by atoms with Crippen molar-refractivity contribution in [2.45, 2.75) is 19.4 Å². The van der Waals surface area contributed by atoms with Crippen LogP contribution in [0.25, 0.3) is 0 Å². The molecular weight excluding hydrogens is 200 g/mol. The molecule has 0 saturated carbocycles. The summed E-state index contributed by atoms with van der Waals surface area (Å²) in [4.78, 5) is 0. The first kappa shape index (κ1) is 10.4. The molecular formula is C11H13F2NO. The molecule has 82 valence electrons. The van der Waals surface area contributed by atoms with Crippen LogP contribution >= 0.6 is 0 Å². The molecule has 0 aromatic heterocycles. The van der Waals surface area contributed by atoms with Gasteiger partial charge in [-0.3, -0.25) is 0 Å². The smallest absolute Gasteiger partial charge is 0.165 e. The molecule has 1 fully saturated rings. The van der Waals surface area contributed by atoms with Crippen molar-refractivity contribution >= 4 is 0 Å². The third-order valence-electron chi connectivity index (χ3n) is 2.57. The monoisotopic (exact) mass is 213 g/mol. The van der Waals surface area contributed by atoms with Crippen LogP contribution in [0, 0.1) is 18.6 Å². The first-order valence-corrected chi connectivity index (χ1v) is 4.86. The number of halogens is 2. The van der Waals surface area contributed by atoms with E-state index < -0.39 is 17.2 Å². The van der Waals surface area contributed by atoms with Crippen LogP contribution < -0.4 is 10.1 Å². The second kappa shape index (κ2) is 3.45. The Labute approximate surface area is 87.2 Å². The zero-order valence-corrected chi connectivity index (χ0v) is 8.73. The van der Waals surface area contributed by atoms with Crippen LogP contribution in [0.3, 0.4) is 0 Å². The summed E-state index contributed by atoms with van der Waals surface area (Å²) in [6.07, 6.45) is 0. The van der Waals surface area contributed by atoms with Crippen LogP contribution in [0.15, 0.2) is 12.1 Å². The van der Waals surface area contributed by atoms with E-state index in [1.807, 2.05) is 6.92 Å². The quantitative estimate of drug-likeness (QED) is 0.811. The normalized spacial score (nSPS) is 18.4. The molecule has 0 spiro atoms. The summed E-state index contributed by atoms with van der Waals surface area (Å²) in [5.74, 6) is -0.966. The van der Waals surface area contributed by atoms with Gasteiger partial charge < -0.3 is 10.1 Å². The number of benzene rings is 1. The fraction of sp³-hybridized carbons (Fsp3) is 0.455. The fourth-order valence-corrected chi connectivity index (χ4v) is 1.52. The average Bonchev–Trinajstić information content (AvgIpc) is 2.11. The molecule has 1 saturated heterocycles. The van der Waals surface area contributed by atoms with Gasteiger partial charge in [-0.2, -0.15) is 0 Å². The molecule has 1 aromatic carbocycles. The van der Waals surface area contributed by atoms with Crippen molar-refractivity contribution in [1.29, 1.82) is 0 Å². The number of hydrogen-bond acceptors (Lipinski definition) is 2. The molecule has 2 rings (SSSR count). The number of aryl methyl sites for hydroxylation is 1. The average molecular weight is 213 g/mol. The minimum Gasteiger partial charge on any atom is -0.482 e. The summed E-state index contributed by atoms with van der Waals surface area (Å²) in [5.41, 5.74) is -0.126. The fourth-order valence-electron chi connectivity index (χ4n) is 1.52. The minimum atomic E-state index is -0.512. The van der Waals surface area contributed by atoms with E-state index in [4.69, 9.17) is 4.74 Å². The number of rotatable bonds is 2. The standard InChI is InChI=1S/C11H13F2NO/c1-7-3-9(13)10(4-8(7)12)15-11(2)5-14-6-11/h3-4,14H,5-6H2,1-2H3. The highest BCUT2D eigenvalue weighted by Crippen LogP contribution is 2.26. The molecule has 15 heavy (non-hydrogen) atoms. The Morgan fingerprint density at radius 3 is 2.47 bits per heavy atom. The van der Waals surface area contributed by atoms with Gasteiger partial charge in [-0.15, -0.1) is 0 Å². The summed E-state index contributed by atoms with van der Waals surface area (Å²) in [5, 5.41) is 3.03. The van der Waals surface area contributed by atoms with Crippen LogP contribution in [-0.2, 0) is 0 Å². The maximum atomic E-state index is 13.4. The Bertz CT molecular complexity index is 388. The van der Waals surface area contributed by atoms with Crippen LogP contribution in [0.2, 0.25) is 0 Å². The summed E-state index contributed by atoms with van der Waals surface area (Å²) < 4.78 is 32.0. The highest BCUT2D eigenvalue weighted by molar-refractivity contribution is 5.31. The predicted molar refractivity (Wildman–Crippen MR) is 53.0 cm³/mol. The molecule has 1 aliphatic heterocycles. The van der Waals surface area contributed by atoms with E-state index in [1.54, 1.807) is 0 Å². The molecule has 1 aliphatic rings. The minimum absolute atomic E-state index is 0.0119. The molecule has 0 radical (unpaired) electrons. The lowest BCUT2D eigenvalue weighted by atomic mass is 10.00. The summed E-state index contributed by atoms with van der Waals surface area (Å²) in [6, 6.07) is 2.26. The molecule has 1 aromatic rings. The van der Waals surface area contributed by atoms with Crippen molar-refractivity contribution in [2.24, 2.45) is 0 Å². The number of ether oxygens (including phenoxy) is 1. The zero-order chi connectivity index (χ0) is 11.1. The van der Waals surface area contributed by atoms with Gasteiger partial charge in [-0.05, 0) is 25.5 Å². The van der Waals surface area contributed by atoms with Gasteiger partial charge in [0.15, 0.2) is 11.6 Å². The van der Waals surface area contributed by atoms with Crippen molar-refractivity contribution in [1.82, 2.24) is 5.32 Å². The summed E-state index contributed by atoms with van der Waals surface area (Å²) in [7, 11) is 0. The van der Waals surface area contributed by atoms with E-state index in [0.717, 1.165) is 12.1 Å². The first-order valence-electron chi connectivity index (χ1n) is 4.86. The van der Waals surface area contributed by atoms with E-state index in [0.29, 0.717) is 13.1 Å². The van der Waals surface area contributed by atoms with Gasteiger partial charge in [-0.1, -0.05) is 0 Å². The van der Waals surface area contributed by atoms with Gasteiger partial charge in [0.2, 0.25) is 0 Å². The van der Waals surface area contributed by atoms with Crippen molar-refractivity contribution in [2.75, 3.05) is 13.1 Å². The molecule has 2 nitrogen and oxygen atoms in total. The molecule has 1 heterocycles. The molecule has 0 amide bonds. The van der Waals surface area contributed by atoms with Gasteiger partial charge in [0, 0.05) is 19.2 Å². The van der Waals surface area contributed by atoms with Gasteiger partial charge >= 0.3 is 0 Å². The van der Waals surface area contributed by atoms with E-state index in [2.05, 4.69) is 5.32 Å². The highest BCUT2D eigenvalue weighted by Gasteiger charge is 2.34. The van der Waals surface area contributed by atoms with Crippen LogP contribution in [0.4, 0.5) is 8.78 Å². The predicted octanol–water partition coefficient (Wildman–Crippen LogP) is 2.01. The molecule has 0 bridgehead atoms. The summed E-state index contributed by atoms with van der Waals surface area (Å²) in [6.45, 7) is 4.69. The number of hydrogen-bond donors (Lipinski definition) is 1. The lowest BCUT2D eigenvalue weighted by Gasteiger charge is -2.39. The van der Waals surface area contributed by atoms with E-state index >= 15 is 0 Å². The van der Waals surface area contributed by atoms with Gasteiger partial charge in [-0.25, -0.2) is 8.78 Å². The molecule has 0 aliphatic carbocycles. The SMILES string of the molecule is Cc1cc(F)c(OC2(C)CNC2)cc1F. The maximum Gasteiger partial charge on any atom is 0.165 e. The van der Waals surface area contributed by atoms with Crippen LogP contribution in [-0.4, -0.2) is 18.7 Å². The van der Waals surface area contributed by atoms with Gasteiger partial charge in [0.05, 0.1) is 0 Å². The molecule has 4 heteroatoms. The largest absolute Gasteiger partial charge is 0.482 e. The van der Waals surface area contributed by atoms with Crippen LogP contribution in [0.5, 0.6) is 5.75 Å². The van der Waals surface area contributed by atoms with Crippen molar-refractivity contribution < 1.29 is 13.5 Å². The Morgan fingerprint density at radius 1 is 1.27 bits per heavy atom. The Morgan fingerprint density at radius 2 is 1.93 bits per heavy atom.